The number of carboxylic acids is 1. The molecule has 1 heterocycles. The number of primary amides is 1. The Morgan fingerprint density at radius 2 is 1.86 bits per heavy atom. The molecule has 6 N–H and O–H groups in total. The number of benzene rings is 1. The largest absolute Gasteiger partial charge is 0.480 e. The van der Waals surface area contributed by atoms with Crippen LogP contribution in [-0.4, -0.2) is 37.3 Å². The second-order valence-electron chi connectivity index (χ2n) is 4.05. The summed E-state index contributed by atoms with van der Waals surface area (Å²) in [5.41, 5.74) is 9.79. The zero-order chi connectivity index (χ0) is 16.2. The fourth-order valence-corrected chi connectivity index (χ4v) is 2.60. The van der Waals surface area contributed by atoms with Gasteiger partial charge in [0.05, 0.1) is 12.0 Å². The number of amides is 2. The minimum absolute atomic E-state index is 0.0648. The first-order valence-corrected chi connectivity index (χ1v) is 7.06. The molecule has 0 saturated carbocycles. The molecule has 2 rings (SSSR count). The van der Waals surface area contributed by atoms with Gasteiger partial charge in [-0.3, -0.25) is 14.4 Å². The fourth-order valence-electron chi connectivity index (χ4n) is 1.42. The minimum Gasteiger partial charge on any atom is -0.480 e. The first kappa shape index (κ1) is 16.6. The number of hydrogen-bond donors (Lipinski definition) is 4. The molecule has 1 aromatic carbocycles. The summed E-state index contributed by atoms with van der Waals surface area (Å²) in [6.45, 7) is 0. The monoisotopic (exact) mass is 315 g/mol. The van der Waals surface area contributed by atoms with Crippen molar-refractivity contribution in [1.82, 2.24) is 4.72 Å². The second-order valence-corrected chi connectivity index (χ2v) is 5.70. The lowest BCUT2D eigenvalue weighted by atomic mass is 10.2. The third-order valence-electron chi connectivity index (χ3n) is 2.39. The van der Waals surface area contributed by atoms with Crippen LogP contribution >= 0.6 is 0 Å². The Bertz CT molecular complexity index is 685. The van der Waals surface area contributed by atoms with Crippen molar-refractivity contribution in [3.05, 3.63) is 29.8 Å². The van der Waals surface area contributed by atoms with Crippen LogP contribution < -0.4 is 16.2 Å². The molecule has 9 nitrogen and oxygen atoms in total. The predicted molar refractivity (Wildman–Crippen MR) is 70.5 cm³/mol. The summed E-state index contributed by atoms with van der Waals surface area (Å²) in [6, 6.07) is 4.93. The zero-order valence-corrected chi connectivity index (χ0v) is 11.5. The molecule has 1 aromatic rings. The predicted octanol–water partition coefficient (Wildman–Crippen LogP) is -1.61. The molecule has 1 atom stereocenters. The number of aliphatic carboxylic acids is 1. The average Bonchev–Trinajstić information content (AvgIpc) is 2.60. The maximum atomic E-state index is 11.1. The maximum absolute atomic E-state index is 11.1. The van der Waals surface area contributed by atoms with Crippen molar-refractivity contribution in [3.8, 4) is 0 Å². The van der Waals surface area contributed by atoms with Crippen molar-refractivity contribution in [2.75, 3.05) is 0 Å². The van der Waals surface area contributed by atoms with Gasteiger partial charge in [-0.25, -0.2) is 13.1 Å². The summed E-state index contributed by atoms with van der Waals surface area (Å²) in [6.07, 6.45) is -0.310. The molecular formula is C11H13N3O6S. The fraction of sp³-hybridized carbons (Fsp3) is 0.182. The second kappa shape index (κ2) is 6.33. The molecular weight excluding hydrogens is 302 g/mol. The lowest BCUT2D eigenvalue weighted by Gasteiger charge is -1.99. The van der Waals surface area contributed by atoms with E-state index in [1.54, 1.807) is 12.1 Å². The number of sulfonamides is 1. The van der Waals surface area contributed by atoms with E-state index in [-0.39, 0.29) is 16.9 Å². The summed E-state index contributed by atoms with van der Waals surface area (Å²) in [5, 5.41) is 8.10. The quantitative estimate of drug-likeness (QED) is 0.520. The number of carbonyl (C=O) groups is 3. The zero-order valence-electron chi connectivity index (χ0n) is 10.6. The number of hydrogen-bond acceptors (Lipinski definition) is 6. The van der Waals surface area contributed by atoms with Crippen molar-refractivity contribution in [2.45, 2.75) is 17.4 Å². The highest BCUT2D eigenvalue weighted by molar-refractivity contribution is 7.90. The van der Waals surface area contributed by atoms with Crippen LogP contribution in [0, 0.1) is 0 Å². The first-order valence-electron chi connectivity index (χ1n) is 5.58. The lowest BCUT2D eigenvalue weighted by molar-refractivity contribution is -0.140. The molecule has 0 fully saturated rings. The Balaban J connectivity index is 0.000000222. The van der Waals surface area contributed by atoms with Gasteiger partial charge < -0.3 is 16.6 Å². The molecule has 0 aromatic heterocycles. The molecule has 0 spiro atoms. The van der Waals surface area contributed by atoms with Crippen LogP contribution in [0.5, 0.6) is 0 Å². The summed E-state index contributed by atoms with van der Waals surface area (Å²) < 4.78 is 24.2. The van der Waals surface area contributed by atoms with Gasteiger partial charge in [-0.15, -0.1) is 0 Å². The van der Waals surface area contributed by atoms with E-state index in [1.807, 2.05) is 4.72 Å². The minimum atomic E-state index is -3.55. The first-order chi connectivity index (χ1) is 9.65. The highest BCUT2D eigenvalue weighted by Crippen LogP contribution is 2.20. The number of carbonyl (C=O) groups excluding carboxylic acids is 2. The summed E-state index contributed by atoms with van der Waals surface area (Å²) in [4.78, 5) is 31.0. The number of rotatable bonds is 3. The Kier molecular flexibility index (Phi) is 5.00. The van der Waals surface area contributed by atoms with Crippen molar-refractivity contribution in [1.29, 1.82) is 0 Å². The average molecular weight is 315 g/mol. The Hall–Kier alpha value is -2.46. The molecule has 0 aliphatic carbocycles. The van der Waals surface area contributed by atoms with Crippen molar-refractivity contribution < 1.29 is 27.9 Å². The van der Waals surface area contributed by atoms with E-state index in [2.05, 4.69) is 5.73 Å². The molecule has 0 unspecified atom stereocenters. The Morgan fingerprint density at radius 1 is 1.29 bits per heavy atom. The van der Waals surface area contributed by atoms with Gasteiger partial charge in [-0.05, 0) is 12.1 Å². The van der Waals surface area contributed by atoms with Gasteiger partial charge in [0.15, 0.2) is 0 Å². The van der Waals surface area contributed by atoms with Crippen LogP contribution in [-0.2, 0) is 19.6 Å². The summed E-state index contributed by atoms with van der Waals surface area (Å²) in [7, 11) is -3.55. The standard InChI is InChI=1S/C7H5NO3S.C4H8N2O3/c9-7-5-3-1-2-4-6(5)12(10,11)8-7;5-2(4(8)9)1-3(6)7/h1-4H,(H,8,9);2H,1,5H2,(H2,6,7)(H,8,9)/t;2-/m.0/s1. The van der Waals surface area contributed by atoms with E-state index in [4.69, 9.17) is 10.8 Å². The topological polar surface area (TPSA) is 170 Å². The number of nitrogens with two attached hydrogens (primary N) is 2. The van der Waals surface area contributed by atoms with E-state index in [0.29, 0.717) is 0 Å². The molecule has 10 heteroatoms. The van der Waals surface area contributed by atoms with Crippen LogP contribution in [0.15, 0.2) is 29.2 Å². The van der Waals surface area contributed by atoms with E-state index >= 15 is 0 Å². The molecule has 1 aliphatic heterocycles. The molecule has 1 aliphatic rings. The van der Waals surface area contributed by atoms with Crippen molar-refractivity contribution >= 4 is 27.8 Å². The van der Waals surface area contributed by atoms with E-state index < -0.39 is 33.8 Å². The molecule has 114 valence electrons. The normalized spacial score (nSPS) is 16.0. The van der Waals surface area contributed by atoms with Gasteiger partial charge in [0, 0.05) is 0 Å². The SMILES string of the molecule is NC(=O)C[C@H](N)C(=O)O.O=C1NS(=O)(=O)c2ccccc21. The van der Waals surface area contributed by atoms with Crippen LogP contribution in [0.3, 0.4) is 0 Å². The molecule has 0 bridgehead atoms. The van der Waals surface area contributed by atoms with E-state index in [9.17, 15) is 22.8 Å². The Morgan fingerprint density at radius 3 is 2.29 bits per heavy atom. The van der Waals surface area contributed by atoms with Gasteiger partial charge in [0.25, 0.3) is 15.9 Å². The van der Waals surface area contributed by atoms with E-state index in [0.717, 1.165) is 0 Å². The summed E-state index contributed by atoms with van der Waals surface area (Å²) >= 11 is 0. The van der Waals surface area contributed by atoms with Crippen LogP contribution in [0.1, 0.15) is 16.8 Å². The van der Waals surface area contributed by atoms with Crippen LogP contribution in [0.4, 0.5) is 0 Å². The smallest absolute Gasteiger partial charge is 0.321 e. The van der Waals surface area contributed by atoms with Gasteiger partial charge in [0.2, 0.25) is 5.91 Å². The molecule has 0 radical (unpaired) electrons. The van der Waals surface area contributed by atoms with Gasteiger partial charge in [-0.2, -0.15) is 0 Å². The van der Waals surface area contributed by atoms with Crippen molar-refractivity contribution in [2.24, 2.45) is 11.5 Å². The summed E-state index contributed by atoms with van der Waals surface area (Å²) in [5.74, 6) is -2.47. The van der Waals surface area contributed by atoms with Crippen LogP contribution in [0.25, 0.3) is 0 Å². The van der Waals surface area contributed by atoms with Gasteiger partial charge in [0.1, 0.15) is 10.9 Å². The van der Waals surface area contributed by atoms with E-state index in [1.165, 1.54) is 12.1 Å². The van der Waals surface area contributed by atoms with Gasteiger partial charge in [-0.1, -0.05) is 12.1 Å². The maximum Gasteiger partial charge on any atom is 0.321 e. The highest BCUT2D eigenvalue weighted by atomic mass is 32.2. The third kappa shape index (κ3) is 4.26. The lowest BCUT2D eigenvalue weighted by Crippen LogP contribution is -2.34. The number of fused-ring (bicyclic) bond motifs is 1. The highest BCUT2D eigenvalue weighted by Gasteiger charge is 2.31. The third-order valence-corrected chi connectivity index (χ3v) is 3.78. The molecule has 2 amide bonds. The van der Waals surface area contributed by atoms with Gasteiger partial charge >= 0.3 is 5.97 Å². The number of carboxylic acid groups (broad SMARTS) is 1. The number of nitrogens with one attached hydrogen (secondary N) is 1. The van der Waals surface area contributed by atoms with Crippen LogP contribution in [0.2, 0.25) is 0 Å². The molecule has 21 heavy (non-hydrogen) atoms. The van der Waals surface area contributed by atoms with Crippen molar-refractivity contribution in [3.63, 3.8) is 0 Å². The Labute approximate surface area is 120 Å². The molecule has 0 saturated heterocycles.